The summed E-state index contributed by atoms with van der Waals surface area (Å²) in [6.45, 7) is 3.79. The summed E-state index contributed by atoms with van der Waals surface area (Å²) in [6.07, 6.45) is 6.25. The number of carboxylic acid groups (broad SMARTS) is 1. The standard InChI is InChI=1S/C37H40N8O6S/c1-18(40-36(48)49)34(46)44-12-4-5-28(44)32-38-16-26(42-32)20-7-10-24-25-11-8-21(15-30(25)52-29(24)14-20)27-17-39-33(43-27)31-22-6-9-23(13-22)45(31)35(47)19(2)41-37(50)51-3/h7-8,10-11,14-19,22-23,28,31,40H,4-6,9,12-13H2,1-3H3,(H,38,42)(H,39,43)(H,41,50)(H,48,49). The summed E-state index contributed by atoms with van der Waals surface area (Å²) >= 11 is 1.71. The summed E-state index contributed by atoms with van der Waals surface area (Å²) in [5.41, 5.74) is 3.71. The lowest BCUT2D eigenvalue weighted by Crippen LogP contribution is -2.50. The van der Waals surface area contributed by atoms with Gasteiger partial charge in [-0.3, -0.25) is 9.59 Å². The second-order valence-corrected chi connectivity index (χ2v) is 15.1. The van der Waals surface area contributed by atoms with Crippen LogP contribution in [0.2, 0.25) is 0 Å². The average molecular weight is 725 g/mol. The van der Waals surface area contributed by atoms with Crippen molar-refractivity contribution in [1.29, 1.82) is 0 Å². The predicted octanol–water partition coefficient (Wildman–Crippen LogP) is 5.95. The van der Waals surface area contributed by atoms with Crippen LogP contribution in [-0.4, -0.2) is 90.6 Å². The van der Waals surface area contributed by atoms with Crippen molar-refractivity contribution < 1.29 is 29.0 Å². The highest BCUT2D eigenvalue weighted by Gasteiger charge is 2.50. The number of methoxy groups -OCH3 is 1. The Kier molecular flexibility index (Phi) is 8.60. The quantitative estimate of drug-likeness (QED) is 0.130. The third-order valence-corrected chi connectivity index (χ3v) is 12.0. The highest BCUT2D eigenvalue weighted by atomic mass is 32.1. The lowest BCUT2D eigenvalue weighted by atomic mass is 9.97. The van der Waals surface area contributed by atoms with Crippen molar-refractivity contribution in [3.8, 4) is 22.5 Å². The van der Waals surface area contributed by atoms with Gasteiger partial charge in [0.1, 0.15) is 23.7 Å². The van der Waals surface area contributed by atoms with Gasteiger partial charge >= 0.3 is 12.2 Å². The summed E-state index contributed by atoms with van der Waals surface area (Å²) in [5, 5.41) is 16.2. The number of carbonyl (C=O) groups excluding carboxylic acids is 3. The van der Waals surface area contributed by atoms with E-state index in [4.69, 9.17) is 14.8 Å². The maximum Gasteiger partial charge on any atom is 0.407 e. The minimum atomic E-state index is -1.23. The average Bonchev–Trinajstić information content (AvgIpc) is 3.99. The van der Waals surface area contributed by atoms with Gasteiger partial charge in [-0.1, -0.05) is 24.3 Å². The van der Waals surface area contributed by atoms with Crippen molar-refractivity contribution in [2.75, 3.05) is 13.7 Å². The number of carbonyl (C=O) groups is 4. The predicted molar refractivity (Wildman–Crippen MR) is 195 cm³/mol. The minimum Gasteiger partial charge on any atom is -0.465 e. The smallest absolute Gasteiger partial charge is 0.407 e. The molecular weight excluding hydrogens is 685 g/mol. The van der Waals surface area contributed by atoms with Gasteiger partial charge in [-0.25, -0.2) is 19.6 Å². The van der Waals surface area contributed by atoms with Crippen LogP contribution in [0.15, 0.2) is 48.8 Å². The number of piperidine rings is 1. The molecule has 5 heterocycles. The van der Waals surface area contributed by atoms with Crippen LogP contribution in [0.25, 0.3) is 42.7 Å². The molecule has 1 saturated carbocycles. The van der Waals surface area contributed by atoms with Crippen LogP contribution in [0.3, 0.4) is 0 Å². The number of rotatable bonds is 8. The normalized spacial score (nSPS) is 22.2. The van der Waals surface area contributed by atoms with Crippen LogP contribution in [0.5, 0.6) is 0 Å². The molecule has 1 aliphatic carbocycles. The zero-order valence-corrected chi connectivity index (χ0v) is 29.8. The van der Waals surface area contributed by atoms with E-state index >= 15 is 0 Å². The molecule has 3 aliphatic rings. The molecule has 4 amide bonds. The van der Waals surface area contributed by atoms with Gasteiger partial charge in [0.15, 0.2) is 0 Å². The first-order valence-electron chi connectivity index (χ1n) is 17.6. The zero-order valence-electron chi connectivity index (χ0n) is 29.0. The van der Waals surface area contributed by atoms with Gasteiger partial charge < -0.3 is 40.2 Å². The number of aromatic amines is 2. The topological polar surface area (TPSA) is 186 Å². The molecule has 0 spiro atoms. The van der Waals surface area contributed by atoms with Gasteiger partial charge in [-0.05, 0) is 64.0 Å². The molecule has 5 aromatic rings. The first-order valence-corrected chi connectivity index (χ1v) is 18.4. The number of H-pyrrole nitrogens is 2. The Bertz CT molecular complexity index is 2210. The zero-order chi connectivity index (χ0) is 36.3. The fraction of sp³-hybridized carbons (Fsp3) is 0.405. The lowest BCUT2D eigenvalue weighted by Gasteiger charge is -2.36. The van der Waals surface area contributed by atoms with Crippen molar-refractivity contribution in [3.63, 3.8) is 0 Å². The molecule has 52 heavy (non-hydrogen) atoms. The van der Waals surface area contributed by atoms with Crippen LogP contribution in [-0.2, 0) is 14.3 Å². The summed E-state index contributed by atoms with van der Waals surface area (Å²) in [5.74, 6) is 1.37. The molecule has 270 valence electrons. The number of nitrogens with zero attached hydrogens (tertiary/aromatic N) is 4. The van der Waals surface area contributed by atoms with Gasteiger partial charge in [0.25, 0.3) is 0 Å². The Morgan fingerprint density at radius 3 is 2.17 bits per heavy atom. The van der Waals surface area contributed by atoms with Crippen molar-refractivity contribution in [2.45, 2.75) is 76.2 Å². The summed E-state index contributed by atoms with van der Waals surface area (Å²) in [4.78, 5) is 69.4. The molecule has 8 rings (SSSR count). The second-order valence-electron chi connectivity index (χ2n) is 14.0. The Balaban J connectivity index is 1.02. The molecule has 15 heteroatoms. The molecular formula is C37H40N8O6S. The first-order chi connectivity index (χ1) is 25.1. The number of hydrogen-bond acceptors (Lipinski definition) is 8. The van der Waals surface area contributed by atoms with Gasteiger partial charge in [0, 0.05) is 43.9 Å². The molecule has 3 aromatic heterocycles. The van der Waals surface area contributed by atoms with Crippen LogP contribution in [0.1, 0.15) is 69.7 Å². The van der Waals surface area contributed by atoms with Gasteiger partial charge in [0.2, 0.25) is 11.8 Å². The van der Waals surface area contributed by atoms with Crippen LogP contribution >= 0.6 is 11.3 Å². The summed E-state index contributed by atoms with van der Waals surface area (Å²) in [6, 6.07) is 10.9. The molecule has 6 unspecified atom stereocenters. The SMILES string of the molecule is COC(=O)NC(C)C(=O)N1C2CCC(C2)C1c1ncc(-c2ccc3c(c2)sc2cc(-c4cnc(C5CCCN5C(=O)C(C)NC(=O)O)[nH]4)ccc23)[nH]1. The molecule has 0 radical (unpaired) electrons. The maximum absolute atomic E-state index is 13.5. The fourth-order valence-corrected chi connectivity index (χ4v) is 9.57. The van der Waals surface area contributed by atoms with E-state index in [1.54, 1.807) is 36.3 Å². The lowest BCUT2D eigenvalue weighted by molar-refractivity contribution is -0.137. The number of amides is 4. The monoisotopic (exact) mass is 724 g/mol. The van der Waals surface area contributed by atoms with Crippen molar-refractivity contribution in [1.82, 2.24) is 40.4 Å². The molecule has 5 N–H and O–H groups in total. The Hall–Kier alpha value is -5.44. The molecule has 2 aromatic carbocycles. The Labute approximate surface area is 302 Å². The number of ether oxygens (including phenoxy) is 1. The molecule has 3 fully saturated rings. The summed E-state index contributed by atoms with van der Waals surface area (Å²) < 4.78 is 6.97. The first kappa shape index (κ1) is 33.7. The van der Waals surface area contributed by atoms with E-state index in [0.29, 0.717) is 18.3 Å². The Morgan fingerprint density at radius 2 is 1.52 bits per heavy atom. The number of fused-ring (bicyclic) bond motifs is 5. The fourth-order valence-electron chi connectivity index (χ4n) is 8.39. The molecule has 14 nitrogen and oxygen atoms in total. The van der Waals surface area contributed by atoms with Gasteiger partial charge in [-0.15, -0.1) is 11.3 Å². The molecule has 2 aliphatic heterocycles. The van der Waals surface area contributed by atoms with E-state index in [9.17, 15) is 19.2 Å². The number of nitrogens with one attached hydrogen (secondary N) is 4. The number of thiophene rings is 1. The van der Waals surface area contributed by atoms with Gasteiger partial charge in [0.05, 0.1) is 43.0 Å². The van der Waals surface area contributed by atoms with Gasteiger partial charge in [-0.2, -0.15) is 0 Å². The van der Waals surface area contributed by atoms with Crippen LogP contribution < -0.4 is 10.6 Å². The van der Waals surface area contributed by atoms with E-state index < -0.39 is 24.3 Å². The number of imidazole rings is 2. The molecule has 2 saturated heterocycles. The molecule has 6 atom stereocenters. The summed E-state index contributed by atoms with van der Waals surface area (Å²) in [7, 11) is 1.28. The third-order valence-electron chi connectivity index (χ3n) is 10.9. The highest BCUT2D eigenvalue weighted by Crippen LogP contribution is 2.50. The number of likely N-dealkylation sites (tertiary alicyclic amines) is 2. The largest absolute Gasteiger partial charge is 0.465 e. The van der Waals surface area contributed by atoms with Crippen LogP contribution in [0, 0.1) is 5.92 Å². The minimum absolute atomic E-state index is 0.129. The van der Waals surface area contributed by atoms with E-state index in [0.717, 1.165) is 80.6 Å². The van der Waals surface area contributed by atoms with Crippen LogP contribution in [0.4, 0.5) is 9.59 Å². The number of alkyl carbamates (subject to hydrolysis) is 1. The van der Waals surface area contributed by atoms with E-state index in [1.807, 2.05) is 11.1 Å². The maximum atomic E-state index is 13.5. The second kappa shape index (κ2) is 13.3. The third kappa shape index (κ3) is 5.91. The molecule has 2 bridgehead atoms. The number of hydrogen-bond donors (Lipinski definition) is 5. The number of benzene rings is 2. The highest BCUT2D eigenvalue weighted by molar-refractivity contribution is 7.25. The van der Waals surface area contributed by atoms with Crippen molar-refractivity contribution in [2.24, 2.45) is 5.92 Å². The number of aromatic nitrogens is 4. The van der Waals surface area contributed by atoms with Crippen molar-refractivity contribution in [3.05, 3.63) is 60.4 Å². The van der Waals surface area contributed by atoms with Crippen molar-refractivity contribution >= 4 is 55.5 Å². The van der Waals surface area contributed by atoms with E-state index in [1.165, 1.54) is 7.11 Å². The van der Waals surface area contributed by atoms with E-state index in [2.05, 4.69) is 62.0 Å². The van der Waals surface area contributed by atoms with E-state index in [-0.39, 0.29) is 29.9 Å². The Morgan fingerprint density at radius 1 is 0.885 bits per heavy atom.